The smallest absolute Gasteiger partial charge is 0.201 e. The van der Waals surface area contributed by atoms with Gasteiger partial charge >= 0.3 is 0 Å². The molecule has 1 aromatic heterocycles. The highest BCUT2D eigenvalue weighted by atomic mass is 16.3. The Bertz CT molecular complexity index is 677. The fourth-order valence-corrected chi connectivity index (χ4v) is 2.43. The van der Waals surface area contributed by atoms with Gasteiger partial charge in [-0.1, -0.05) is 26.8 Å². The number of aromatic nitrogens is 2. The number of rotatable bonds is 5. The van der Waals surface area contributed by atoms with Crippen LogP contribution in [0.2, 0.25) is 0 Å². The van der Waals surface area contributed by atoms with Crippen molar-refractivity contribution in [3.05, 3.63) is 23.8 Å². The molecule has 1 atom stereocenters. The average Bonchev–Trinajstić information content (AvgIpc) is 2.69. The third kappa shape index (κ3) is 4.45. The minimum absolute atomic E-state index is 0.225. The van der Waals surface area contributed by atoms with Crippen LogP contribution in [0.4, 0.5) is 5.95 Å². The van der Waals surface area contributed by atoms with E-state index in [9.17, 15) is 5.11 Å². The molecule has 5 heteroatoms. The summed E-state index contributed by atoms with van der Waals surface area (Å²) in [5.74, 6) is 0.440. The van der Waals surface area contributed by atoms with E-state index in [1.54, 1.807) is 13.8 Å². The molecule has 0 saturated heterocycles. The number of hydrogen-bond acceptors (Lipinski definition) is 4. The molecule has 1 aromatic carbocycles. The van der Waals surface area contributed by atoms with Gasteiger partial charge in [-0.15, -0.1) is 0 Å². The molecule has 0 aliphatic rings. The number of aliphatic hydroxyl groups is 1. The largest absolute Gasteiger partial charge is 0.389 e. The van der Waals surface area contributed by atoms with Crippen molar-refractivity contribution in [3.8, 4) is 0 Å². The van der Waals surface area contributed by atoms with Crippen molar-refractivity contribution >= 4 is 17.0 Å². The minimum atomic E-state index is -0.829. The summed E-state index contributed by atoms with van der Waals surface area (Å²) in [5.41, 5.74) is 8.42. The molecule has 2 aromatic rings. The maximum Gasteiger partial charge on any atom is 0.201 e. The van der Waals surface area contributed by atoms with Crippen molar-refractivity contribution < 1.29 is 5.11 Å². The molecule has 0 radical (unpaired) electrons. The number of nitrogen functional groups attached to an aromatic ring is 1. The molecule has 4 N–H and O–H groups in total. The quantitative estimate of drug-likeness (QED) is 0.792. The maximum absolute atomic E-state index is 10.0. The Labute approximate surface area is 138 Å². The number of nitrogens with one attached hydrogen (secondary N) is 1. The van der Waals surface area contributed by atoms with Crippen LogP contribution in [-0.4, -0.2) is 26.3 Å². The Balaban J connectivity index is 2.21. The Morgan fingerprint density at radius 1 is 1.26 bits per heavy atom. The molecule has 0 aliphatic carbocycles. The third-order valence-electron chi connectivity index (χ3n) is 4.30. The van der Waals surface area contributed by atoms with E-state index in [0.717, 1.165) is 17.6 Å². The zero-order valence-corrected chi connectivity index (χ0v) is 15.1. The third-order valence-corrected chi connectivity index (χ3v) is 4.30. The molecule has 5 nitrogen and oxygen atoms in total. The lowest BCUT2D eigenvalue weighted by atomic mass is 9.88. The molecular formula is C18H30N4O. The maximum atomic E-state index is 10.0. The Kier molecular flexibility index (Phi) is 4.74. The van der Waals surface area contributed by atoms with Gasteiger partial charge in [0, 0.05) is 12.6 Å². The average molecular weight is 318 g/mol. The predicted octanol–water partition coefficient (Wildman–Crippen LogP) is 2.91. The summed E-state index contributed by atoms with van der Waals surface area (Å²) >= 11 is 0. The van der Waals surface area contributed by atoms with Crippen LogP contribution in [-0.2, 0) is 13.1 Å². The van der Waals surface area contributed by atoms with E-state index in [4.69, 9.17) is 5.73 Å². The van der Waals surface area contributed by atoms with Crippen molar-refractivity contribution in [2.75, 3.05) is 5.73 Å². The predicted molar refractivity (Wildman–Crippen MR) is 96.2 cm³/mol. The summed E-state index contributed by atoms with van der Waals surface area (Å²) in [5, 5.41) is 13.6. The van der Waals surface area contributed by atoms with Crippen LogP contribution in [0.5, 0.6) is 0 Å². The topological polar surface area (TPSA) is 76.1 Å². The van der Waals surface area contributed by atoms with E-state index >= 15 is 0 Å². The lowest BCUT2D eigenvalue weighted by Gasteiger charge is -2.28. The first-order valence-electron chi connectivity index (χ1n) is 8.18. The number of hydrogen-bond donors (Lipinski definition) is 3. The molecule has 128 valence electrons. The number of nitrogens with zero attached hydrogens (tertiary/aromatic N) is 2. The molecule has 0 fully saturated rings. The first-order valence-corrected chi connectivity index (χ1v) is 8.18. The van der Waals surface area contributed by atoms with Crippen LogP contribution in [0.3, 0.4) is 0 Å². The fraction of sp³-hybridized carbons (Fsp3) is 0.611. The second kappa shape index (κ2) is 6.13. The van der Waals surface area contributed by atoms with Gasteiger partial charge in [0.2, 0.25) is 5.95 Å². The molecule has 1 heterocycles. The second-order valence-corrected chi connectivity index (χ2v) is 8.16. The summed E-state index contributed by atoms with van der Waals surface area (Å²) in [4.78, 5) is 4.44. The van der Waals surface area contributed by atoms with Gasteiger partial charge in [-0.3, -0.25) is 0 Å². The Morgan fingerprint density at radius 2 is 1.91 bits per heavy atom. The van der Waals surface area contributed by atoms with Crippen molar-refractivity contribution in [1.82, 2.24) is 14.9 Å². The van der Waals surface area contributed by atoms with E-state index in [-0.39, 0.29) is 5.41 Å². The summed E-state index contributed by atoms with van der Waals surface area (Å²) < 4.78 is 1.87. The number of benzene rings is 1. The van der Waals surface area contributed by atoms with Crippen LogP contribution < -0.4 is 11.1 Å². The molecule has 0 aliphatic heterocycles. The molecule has 2 rings (SSSR count). The van der Waals surface area contributed by atoms with Gasteiger partial charge in [-0.05, 0) is 43.9 Å². The van der Waals surface area contributed by atoms with Gasteiger partial charge < -0.3 is 20.7 Å². The van der Waals surface area contributed by atoms with E-state index < -0.39 is 5.60 Å². The van der Waals surface area contributed by atoms with Crippen molar-refractivity contribution in [3.63, 3.8) is 0 Å². The van der Waals surface area contributed by atoms with Crippen LogP contribution in [0.1, 0.15) is 47.1 Å². The summed E-state index contributed by atoms with van der Waals surface area (Å²) in [6.07, 6.45) is 0. The highest BCUT2D eigenvalue weighted by Crippen LogP contribution is 2.23. The van der Waals surface area contributed by atoms with E-state index in [1.165, 1.54) is 5.56 Å². The van der Waals surface area contributed by atoms with Gasteiger partial charge in [0.05, 0.1) is 23.2 Å². The van der Waals surface area contributed by atoms with Gasteiger partial charge in [-0.25, -0.2) is 4.98 Å². The normalized spacial score (nSPS) is 14.4. The van der Waals surface area contributed by atoms with E-state index in [2.05, 4.69) is 50.1 Å². The van der Waals surface area contributed by atoms with Gasteiger partial charge in [0.15, 0.2) is 0 Å². The van der Waals surface area contributed by atoms with Gasteiger partial charge in [-0.2, -0.15) is 0 Å². The standard InChI is InChI=1S/C18H30N4O/c1-12(17(2,3)4)20-10-13-7-8-15-14(9-13)21-16(19)22(15)11-18(5,6)23/h7-9,12,20,23H,10-11H2,1-6H3,(H2,19,21)/t12-/m0/s1. The molecular weight excluding hydrogens is 288 g/mol. The SMILES string of the molecule is C[C@H](NCc1ccc2c(c1)nc(N)n2CC(C)(C)O)C(C)(C)C. The number of anilines is 1. The molecule has 23 heavy (non-hydrogen) atoms. The van der Waals surface area contributed by atoms with Crippen molar-refractivity contribution in [2.24, 2.45) is 5.41 Å². The number of imidazole rings is 1. The van der Waals surface area contributed by atoms with E-state index in [1.807, 2.05) is 10.6 Å². The number of nitrogens with two attached hydrogens (primary N) is 1. The van der Waals surface area contributed by atoms with Crippen LogP contribution in [0.15, 0.2) is 18.2 Å². The highest BCUT2D eigenvalue weighted by molar-refractivity contribution is 5.79. The molecule has 0 amide bonds. The summed E-state index contributed by atoms with van der Waals surface area (Å²) in [6, 6.07) is 6.60. The van der Waals surface area contributed by atoms with Crippen LogP contribution in [0, 0.1) is 5.41 Å². The zero-order valence-electron chi connectivity index (χ0n) is 15.1. The lowest BCUT2D eigenvalue weighted by molar-refractivity contribution is 0.0633. The van der Waals surface area contributed by atoms with E-state index in [0.29, 0.717) is 18.5 Å². The monoisotopic (exact) mass is 318 g/mol. The highest BCUT2D eigenvalue weighted by Gasteiger charge is 2.20. The van der Waals surface area contributed by atoms with Crippen molar-refractivity contribution in [1.29, 1.82) is 0 Å². The van der Waals surface area contributed by atoms with Crippen LogP contribution in [0.25, 0.3) is 11.0 Å². The Hall–Kier alpha value is -1.59. The number of fused-ring (bicyclic) bond motifs is 1. The van der Waals surface area contributed by atoms with Crippen LogP contribution >= 0.6 is 0 Å². The molecule has 0 bridgehead atoms. The first-order chi connectivity index (χ1) is 10.5. The first kappa shape index (κ1) is 17.8. The van der Waals surface area contributed by atoms with Gasteiger partial charge in [0.1, 0.15) is 0 Å². The molecule has 0 saturated carbocycles. The zero-order chi connectivity index (χ0) is 17.4. The molecule has 0 spiro atoms. The summed E-state index contributed by atoms with van der Waals surface area (Å²) in [6.45, 7) is 13.6. The fourth-order valence-electron chi connectivity index (χ4n) is 2.43. The summed E-state index contributed by atoms with van der Waals surface area (Å²) in [7, 11) is 0. The van der Waals surface area contributed by atoms with Crippen molar-refractivity contribution in [2.45, 2.75) is 66.3 Å². The lowest BCUT2D eigenvalue weighted by Crippen LogP contribution is -2.37. The Morgan fingerprint density at radius 3 is 2.48 bits per heavy atom. The minimum Gasteiger partial charge on any atom is -0.389 e. The molecule has 0 unspecified atom stereocenters. The second-order valence-electron chi connectivity index (χ2n) is 8.16. The van der Waals surface area contributed by atoms with Gasteiger partial charge in [0.25, 0.3) is 0 Å².